The Morgan fingerprint density at radius 1 is 1.60 bits per heavy atom. The third-order valence-corrected chi connectivity index (χ3v) is 1.54. The molecule has 0 aromatic heterocycles. The van der Waals surface area contributed by atoms with E-state index in [4.69, 9.17) is 14.6 Å². The van der Waals surface area contributed by atoms with Crippen LogP contribution in [-0.4, -0.2) is 37.1 Å². The number of aliphatic hydroxyl groups is 1. The first-order valence-corrected chi connectivity index (χ1v) is 3.72. The lowest BCUT2D eigenvalue weighted by Gasteiger charge is -2.11. The minimum Gasteiger partial charge on any atom is -0.388 e. The molecular formula is C7H14O3. The first kappa shape index (κ1) is 7.98. The molecule has 1 aliphatic rings. The van der Waals surface area contributed by atoms with Crippen LogP contribution in [0.5, 0.6) is 0 Å². The summed E-state index contributed by atoms with van der Waals surface area (Å²) in [7, 11) is 0. The normalized spacial score (nSPS) is 33.0. The highest BCUT2D eigenvalue weighted by atomic mass is 16.6. The van der Waals surface area contributed by atoms with Gasteiger partial charge in [0.1, 0.15) is 12.2 Å². The topological polar surface area (TPSA) is 38.7 Å². The van der Waals surface area contributed by atoms with Crippen LogP contribution in [0.15, 0.2) is 0 Å². The van der Waals surface area contributed by atoms with E-state index in [9.17, 15) is 0 Å². The number of hydrogen-bond donors (Lipinski definition) is 1. The van der Waals surface area contributed by atoms with Crippen molar-refractivity contribution in [3.05, 3.63) is 0 Å². The van der Waals surface area contributed by atoms with Crippen LogP contribution < -0.4 is 0 Å². The Hall–Kier alpha value is -0.120. The molecule has 60 valence electrons. The Kier molecular flexibility index (Phi) is 3.12. The van der Waals surface area contributed by atoms with Crippen LogP contribution >= 0.6 is 0 Å². The predicted molar refractivity (Wildman–Crippen MR) is 36.9 cm³/mol. The van der Waals surface area contributed by atoms with Gasteiger partial charge < -0.3 is 14.6 Å². The molecule has 1 aliphatic heterocycles. The van der Waals surface area contributed by atoms with Crippen LogP contribution in [0.3, 0.4) is 0 Å². The molecule has 0 aromatic rings. The monoisotopic (exact) mass is 146 g/mol. The summed E-state index contributed by atoms with van der Waals surface area (Å²) in [5.74, 6) is 0. The predicted octanol–water partition coefficient (Wildman–Crippen LogP) is 0.173. The van der Waals surface area contributed by atoms with Crippen molar-refractivity contribution in [3.63, 3.8) is 0 Å². The smallest absolute Gasteiger partial charge is 0.109 e. The Bertz CT molecular complexity index is 94.9. The molecule has 2 atom stereocenters. The fraction of sp³-hybridized carbons (Fsp3) is 1.00. The van der Waals surface area contributed by atoms with Gasteiger partial charge in [-0.1, -0.05) is 6.92 Å². The van der Waals surface area contributed by atoms with E-state index in [-0.39, 0.29) is 6.10 Å². The maximum absolute atomic E-state index is 9.17. The molecule has 1 saturated heterocycles. The van der Waals surface area contributed by atoms with E-state index in [0.29, 0.717) is 19.8 Å². The number of ether oxygens (including phenoxy) is 2. The van der Waals surface area contributed by atoms with Gasteiger partial charge in [-0.3, -0.25) is 0 Å². The first-order valence-electron chi connectivity index (χ1n) is 3.72. The van der Waals surface area contributed by atoms with Gasteiger partial charge in [0.15, 0.2) is 0 Å². The minimum atomic E-state index is -0.411. The Morgan fingerprint density at radius 2 is 2.40 bits per heavy atom. The second kappa shape index (κ2) is 3.91. The maximum Gasteiger partial charge on any atom is 0.109 e. The molecule has 0 aromatic carbocycles. The largest absolute Gasteiger partial charge is 0.388 e. The zero-order chi connectivity index (χ0) is 7.40. The molecule has 1 N–H and O–H groups in total. The summed E-state index contributed by atoms with van der Waals surface area (Å²) in [5.41, 5.74) is 0. The van der Waals surface area contributed by atoms with Crippen LogP contribution in [-0.2, 0) is 9.47 Å². The van der Waals surface area contributed by atoms with Gasteiger partial charge in [0.05, 0.1) is 13.2 Å². The molecular weight excluding hydrogens is 132 g/mol. The van der Waals surface area contributed by atoms with E-state index < -0.39 is 6.10 Å². The van der Waals surface area contributed by atoms with Crippen LogP contribution in [0, 0.1) is 0 Å². The second-order valence-electron chi connectivity index (χ2n) is 2.51. The SMILES string of the molecule is CCCOC1COC[C@@H]1O. The van der Waals surface area contributed by atoms with Gasteiger partial charge >= 0.3 is 0 Å². The van der Waals surface area contributed by atoms with Gasteiger partial charge in [-0.15, -0.1) is 0 Å². The summed E-state index contributed by atoms with van der Waals surface area (Å²) in [6.07, 6.45) is 0.495. The Labute approximate surface area is 60.9 Å². The van der Waals surface area contributed by atoms with E-state index in [0.717, 1.165) is 6.42 Å². The van der Waals surface area contributed by atoms with Crippen molar-refractivity contribution in [2.75, 3.05) is 19.8 Å². The van der Waals surface area contributed by atoms with Crippen molar-refractivity contribution < 1.29 is 14.6 Å². The summed E-state index contributed by atoms with van der Waals surface area (Å²) in [4.78, 5) is 0. The lowest BCUT2D eigenvalue weighted by Crippen LogP contribution is -2.27. The molecule has 1 heterocycles. The molecule has 0 radical (unpaired) electrons. The molecule has 1 unspecified atom stereocenters. The number of rotatable bonds is 3. The molecule has 0 amide bonds. The Balaban J connectivity index is 2.14. The van der Waals surface area contributed by atoms with Gasteiger partial charge in [0.2, 0.25) is 0 Å². The van der Waals surface area contributed by atoms with Crippen molar-refractivity contribution in [1.29, 1.82) is 0 Å². The number of aliphatic hydroxyl groups excluding tert-OH is 1. The molecule has 3 nitrogen and oxygen atoms in total. The van der Waals surface area contributed by atoms with Crippen LogP contribution in [0.1, 0.15) is 13.3 Å². The zero-order valence-corrected chi connectivity index (χ0v) is 6.25. The summed E-state index contributed by atoms with van der Waals surface area (Å²) in [6, 6.07) is 0. The highest BCUT2D eigenvalue weighted by Crippen LogP contribution is 2.09. The fourth-order valence-corrected chi connectivity index (χ4v) is 0.952. The quantitative estimate of drug-likeness (QED) is 0.617. The molecule has 1 fully saturated rings. The van der Waals surface area contributed by atoms with E-state index in [2.05, 4.69) is 0 Å². The highest BCUT2D eigenvalue weighted by molar-refractivity contribution is 4.73. The standard InChI is InChI=1S/C7H14O3/c1-2-3-10-7-5-9-4-6(7)8/h6-8H,2-5H2,1H3/t6-,7?/m0/s1. The van der Waals surface area contributed by atoms with Crippen LogP contribution in [0.2, 0.25) is 0 Å². The van der Waals surface area contributed by atoms with Gasteiger partial charge in [0, 0.05) is 6.61 Å². The zero-order valence-electron chi connectivity index (χ0n) is 6.25. The second-order valence-corrected chi connectivity index (χ2v) is 2.51. The van der Waals surface area contributed by atoms with Crippen LogP contribution in [0.4, 0.5) is 0 Å². The third-order valence-electron chi connectivity index (χ3n) is 1.54. The van der Waals surface area contributed by atoms with Crippen molar-refractivity contribution in [3.8, 4) is 0 Å². The van der Waals surface area contributed by atoms with Gasteiger partial charge in [0.25, 0.3) is 0 Å². The van der Waals surface area contributed by atoms with E-state index >= 15 is 0 Å². The maximum atomic E-state index is 9.17. The Morgan fingerprint density at radius 3 is 2.90 bits per heavy atom. The van der Waals surface area contributed by atoms with Crippen molar-refractivity contribution >= 4 is 0 Å². The third kappa shape index (κ3) is 1.94. The average molecular weight is 146 g/mol. The van der Waals surface area contributed by atoms with Crippen molar-refractivity contribution in [2.24, 2.45) is 0 Å². The van der Waals surface area contributed by atoms with Gasteiger partial charge in [-0.05, 0) is 6.42 Å². The molecule has 0 spiro atoms. The van der Waals surface area contributed by atoms with E-state index in [1.54, 1.807) is 0 Å². The highest BCUT2D eigenvalue weighted by Gasteiger charge is 2.26. The number of hydrogen-bond acceptors (Lipinski definition) is 3. The molecule has 0 bridgehead atoms. The summed E-state index contributed by atoms with van der Waals surface area (Å²) < 4.78 is 10.3. The molecule has 3 heteroatoms. The molecule has 0 saturated carbocycles. The average Bonchev–Trinajstić information content (AvgIpc) is 2.31. The summed E-state index contributed by atoms with van der Waals surface area (Å²) in [5, 5.41) is 9.17. The van der Waals surface area contributed by atoms with Crippen LogP contribution in [0.25, 0.3) is 0 Å². The lowest BCUT2D eigenvalue weighted by molar-refractivity contribution is -0.00910. The molecule has 0 aliphatic carbocycles. The first-order chi connectivity index (χ1) is 4.84. The van der Waals surface area contributed by atoms with Gasteiger partial charge in [-0.2, -0.15) is 0 Å². The molecule has 1 rings (SSSR count). The minimum absolute atomic E-state index is 0.0834. The summed E-state index contributed by atoms with van der Waals surface area (Å²) in [6.45, 7) is 3.73. The summed E-state index contributed by atoms with van der Waals surface area (Å²) >= 11 is 0. The van der Waals surface area contributed by atoms with Crippen molar-refractivity contribution in [1.82, 2.24) is 0 Å². The lowest BCUT2D eigenvalue weighted by atomic mass is 10.3. The fourth-order valence-electron chi connectivity index (χ4n) is 0.952. The van der Waals surface area contributed by atoms with Gasteiger partial charge in [-0.25, -0.2) is 0 Å². The van der Waals surface area contributed by atoms with E-state index in [1.807, 2.05) is 6.92 Å². The van der Waals surface area contributed by atoms with Crippen molar-refractivity contribution in [2.45, 2.75) is 25.6 Å². The molecule has 10 heavy (non-hydrogen) atoms. The van der Waals surface area contributed by atoms with E-state index in [1.165, 1.54) is 0 Å².